The standard InChI is InChI=1S/C18H22N2O3/c1-20-14(10-19-18(20)21)12-5-6-15(22-2)17(9-12)23-16-8-11-3-4-13(16)7-11/h3-6,9,11,13-14,16H,7-8,10H2,1-2H3,(H,19,21)/t11-,13+,14?,16+/m0/s1. The first-order chi connectivity index (χ1) is 11.2. The van der Waals surface area contributed by atoms with Crippen molar-refractivity contribution in [3.63, 3.8) is 0 Å². The molecule has 122 valence electrons. The van der Waals surface area contributed by atoms with Gasteiger partial charge in [0.05, 0.1) is 13.2 Å². The topological polar surface area (TPSA) is 50.8 Å². The van der Waals surface area contributed by atoms with Gasteiger partial charge in [-0.25, -0.2) is 4.79 Å². The number of hydrogen-bond acceptors (Lipinski definition) is 3. The number of likely N-dealkylation sites (N-methyl/N-ethyl adjacent to an activating group) is 1. The van der Waals surface area contributed by atoms with E-state index in [0.29, 0.717) is 18.4 Å². The number of urea groups is 1. The lowest BCUT2D eigenvalue weighted by Crippen LogP contribution is -2.25. The molecule has 0 spiro atoms. The molecule has 2 bridgehead atoms. The van der Waals surface area contributed by atoms with Crippen molar-refractivity contribution in [2.24, 2.45) is 11.8 Å². The van der Waals surface area contributed by atoms with Gasteiger partial charge in [0.1, 0.15) is 6.10 Å². The number of amides is 2. The highest BCUT2D eigenvalue weighted by Crippen LogP contribution is 2.43. The number of benzene rings is 1. The maximum Gasteiger partial charge on any atom is 0.317 e. The fourth-order valence-electron chi connectivity index (χ4n) is 3.95. The first-order valence-electron chi connectivity index (χ1n) is 8.19. The van der Waals surface area contributed by atoms with Crippen LogP contribution in [0.2, 0.25) is 0 Å². The second kappa shape index (κ2) is 5.48. The summed E-state index contributed by atoms with van der Waals surface area (Å²) in [6.45, 7) is 0.623. The number of carbonyl (C=O) groups excluding carboxylic acids is 1. The summed E-state index contributed by atoms with van der Waals surface area (Å²) in [5, 5.41) is 2.87. The molecule has 5 heteroatoms. The quantitative estimate of drug-likeness (QED) is 0.870. The van der Waals surface area contributed by atoms with Gasteiger partial charge in [-0.2, -0.15) is 0 Å². The minimum atomic E-state index is -0.0356. The predicted octanol–water partition coefficient (Wildman–Crippen LogP) is 2.73. The van der Waals surface area contributed by atoms with Crippen LogP contribution in [0.1, 0.15) is 24.4 Å². The van der Waals surface area contributed by atoms with Crippen LogP contribution in [0.5, 0.6) is 11.5 Å². The summed E-state index contributed by atoms with van der Waals surface area (Å²) >= 11 is 0. The monoisotopic (exact) mass is 314 g/mol. The van der Waals surface area contributed by atoms with Crippen molar-refractivity contribution in [2.75, 3.05) is 20.7 Å². The molecule has 4 rings (SSSR count). The van der Waals surface area contributed by atoms with E-state index in [0.717, 1.165) is 23.5 Å². The Balaban J connectivity index is 1.59. The van der Waals surface area contributed by atoms with Gasteiger partial charge in [-0.15, -0.1) is 0 Å². The van der Waals surface area contributed by atoms with Gasteiger partial charge in [-0.05, 0) is 36.5 Å². The molecule has 1 saturated carbocycles. The van der Waals surface area contributed by atoms with Gasteiger partial charge in [0.15, 0.2) is 11.5 Å². The highest BCUT2D eigenvalue weighted by atomic mass is 16.5. The largest absolute Gasteiger partial charge is 0.493 e. The summed E-state index contributed by atoms with van der Waals surface area (Å²) in [7, 11) is 3.48. The summed E-state index contributed by atoms with van der Waals surface area (Å²) in [5.41, 5.74) is 1.07. The van der Waals surface area contributed by atoms with E-state index >= 15 is 0 Å². The second-order valence-corrected chi connectivity index (χ2v) is 6.66. The van der Waals surface area contributed by atoms with Crippen molar-refractivity contribution in [2.45, 2.75) is 25.0 Å². The Morgan fingerprint density at radius 2 is 2.09 bits per heavy atom. The molecular weight excluding hydrogens is 292 g/mol. The third-order valence-electron chi connectivity index (χ3n) is 5.30. The molecule has 3 aliphatic rings. The van der Waals surface area contributed by atoms with E-state index in [1.807, 2.05) is 25.2 Å². The lowest BCUT2D eigenvalue weighted by Gasteiger charge is -2.24. The summed E-state index contributed by atoms with van der Waals surface area (Å²) in [4.78, 5) is 13.4. The Kier molecular flexibility index (Phi) is 3.43. The molecule has 5 nitrogen and oxygen atoms in total. The average Bonchev–Trinajstić information content (AvgIpc) is 3.25. The van der Waals surface area contributed by atoms with E-state index < -0.39 is 0 Å². The van der Waals surface area contributed by atoms with E-state index in [1.54, 1.807) is 12.0 Å². The maximum absolute atomic E-state index is 11.7. The van der Waals surface area contributed by atoms with Gasteiger partial charge < -0.3 is 19.7 Å². The molecule has 1 heterocycles. The Morgan fingerprint density at radius 3 is 2.70 bits per heavy atom. The highest BCUT2D eigenvalue weighted by Gasteiger charge is 2.38. The minimum Gasteiger partial charge on any atom is -0.493 e. The first-order valence-corrected chi connectivity index (χ1v) is 8.19. The molecule has 1 unspecified atom stereocenters. The van der Waals surface area contributed by atoms with Crippen molar-refractivity contribution < 1.29 is 14.3 Å². The van der Waals surface area contributed by atoms with Crippen LogP contribution in [-0.4, -0.2) is 37.7 Å². The van der Waals surface area contributed by atoms with Crippen LogP contribution >= 0.6 is 0 Å². The van der Waals surface area contributed by atoms with Gasteiger partial charge >= 0.3 is 6.03 Å². The lowest BCUT2D eigenvalue weighted by atomic mass is 10.0. The van der Waals surface area contributed by atoms with E-state index in [4.69, 9.17) is 9.47 Å². The summed E-state index contributed by atoms with van der Waals surface area (Å²) in [6, 6.07) is 5.97. The fourth-order valence-corrected chi connectivity index (χ4v) is 3.95. The van der Waals surface area contributed by atoms with Crippen LogP contribution in [0.25, 0.3) is 0 Å². The Hall–Kier alpha value is -2.17. The zero-order valence-corrected chi connectivity index (χ0v) is 13.5. The zero-order chi connectivity index (χ0) is 16.0. The van der Waals surface area contributed by atoms with Crippen molar-refractivity contribution in [1.29, 1.82) is 0 Å². The molecule has 1 saturated heterocycles. The molecule has 2 aliphatic carbocycles. The molecular formula is C18H22N2O3. The van der Waals surface area contributed by atoms with Gasteiger partial charge in [-0.3, -0.25) is 0 Å². The second-order valence-electron chi connectivity index (χ2n) is 6.66. The molecule has 0 radical (unpaired) electrons. The number of allylic oxidation sites excluding steroid dienone is 1. The molecule has 2 amide bonds. The number of rotatable bonds is 4. The average molecular weight is 314 g/mol. The van der Waals surface area contributed by atoms with Gasteiger partial charge in [0.2, 0.25) is 0 Å². The smallest absolute Gasteiger partial charge is 0.317 e. The van der Waals surface area contributed by atoms with Crippen LogP contribution in [0.15, 0.2) is 30.4 Å². The zero-order valence-electron chi connectivity index (χ0n) is 13.5. The van der Waals surface area contributed by atoms with Crippen LogP contribution in [0.3, 0.4) is 0 Å². The lowest BCUT2D eigenvalue weighted by molar-refractivity contribution is 0.167. The number of nitrogens with zero attached hydrogens (tertiary/aromatic N) is 1. The summed E-state index contributed by atoms with van der Waals surface area (Å²) in [6.07, 6.45) is 7.11. The SMILES string of the molecule is COc1ccc(C2CNC(=O)N2C)cc1O[C@@H]1C[C@H]2C=C[C@@H]1C2. The van der Waals surface area contributed by atoms with Crippen molar-refractivity contribution in [3.8, 4) is 11.5 Å². The van der Waals surface area contributed by atoms with E-state index in [9.17, 15) is 4.79 Å². The summed E-state index contributed by atoms with van der Waals surface area (Å²) < 4.78 is 11.8. The number of carbonyl (C=O) groups is 1. The predicted molar refractivity (Wildman–Crippen MR) is 86.7 cm³/mol. The molecule has 1 N–H and O–H groups in total. The maximum atomic E-state index is 11.7. The van der Waals surface area contributed by atoms with E-state index in [-0.39, 0.29) is 18.2 Å². The molecule has 4 atom stereocenters. The molecule has 1 aliphatic heterocycles. The third kappa shape index (κ3) is 2.44. The van der Waals surface area contributed by atoms with Crippen molar-refractivity contribution in [1.82, 2.24) is 10.2 Å². The third-order valence-corrected chi connectivity index (χ3v) is 5.30. The molecule has 2 fully saturated rings. The van der Waals surface area contributed by atoms with Crippen LogP contribution in [-0.2, 0) is 0 Å². The normalized spacial score (nSPS) is 31.6. The van der Waals surface area contributed by atoms with Crippen LogP contribution < -0.4 is 14.8 Å². The van der Waals surface area contributed by atoms with E-state index in [1.165, 1.54) is 6.42 Å². The molecule has 1 aromatic carbocycles. The van der Waals surface area contributed by atoms with Gasteiger partial charge in [0.25, 0.3) is 0 Å². The summed E-state index contributed by atoms with van der Waals surface area (Å²) in [5.74, 6) is 2.72. The molecule has 1 aromatic rings. The molecule has 0 aromatic heterocycles. The van der Waals surface area contributed by atoms with Crippen molar-refractivity contribution >= 4 is 6.03 Å². The number of hydrogen-bond donors (Lipinski definition) is 1. The number of nitrogens with one attached hydrogen (secondary N) is 1. The van der Waals surface area contributed by atoms with Crippen LogP contribution in [0, 0.1) is 11.8 Å². The first kappa shape index (κ1) is 14.4. The van der Waals surface area contributed by atoms with E-state index in [2.05, 4.69) is 17.5 Å². The van der Waals surface area contributed by atoms with Crippen LogP contribution in [0.4, 0.5) is 4.79 Å². The fraction of sp³-hybridized carbons (Fsp3) is 0.500. The van der Waals surface area contributed by atoms with Crippen molar-refractivity contribution in [3.05, 3.63) is 35.9 Å². The Morgan fingerprint density at radius 1 is 1.22 bits per heavy atom. The Bertz CT molecular complexity index is 658. The number of methoxy groups -OCH3 is 1. The number of fused-ring (bicyclic) bond motifs is 2. The van der Waals surface area contributed by atoms with Gasteiger partial charge in [-0.1, -0.05) is 18.2 Å². The molecule has 23 heavy (non-hydrogen) atoms. The highest BCUT2D eigenvalue weighted by molar-refractivity contribution is 5.77. The number of ether oxygens (including phenoxy) is 2. The Labute approximate surface area is 136 Å². The minimum absolute atomic E-state index is 0.0356. The van der Waals surface area contributed by atoms with Gasteiger partial charge in [0, 0.05) is 19.5 Å².